The van der Waals surface area contributed by atoms with Gasteiger partial charge >= 0.3 is 0 Å². The van der Waals surface area contributed by atoms with Crippen molar-refractivity contribution < 1.29 is 4.79 Å². The Kier molecular flexibility index (Phi) is 5.99. The minimum absolute atomic E-state index is 0.282. The fourth-order valence-electron chi connectivity index (χ4n) is 2.03. The van der Waals surface area contributed by atoms with Gasteiger partial charge in [-0.2, -0.15) is 0 Å². The molecule has 0 aliphatic heterocycles. The first kappa shape index (κ1) is 18.2. The summed E-state index contributed by atoms with van der Waals surface area (Å²) in [5.74, 6) is -0.282. The average molecular weight is 389 g/mol. The third kappa shape index (κ3) is 4.42. The van der Waals surface area contributed by atoms with E-state index in [4.69, 9.17) is 46.4 Å². The third-order valence-electron chi connectivity index (χ3n) is 3.02. The summed E-state index contributed by atoms with van der Waals surface area (Å²) in [6, 6.07) is 9.71. The third-order valence-corrected chi connectivity index (χ3v) is 4.15. The summed E-state index contributed by atoms with van der Waals surface area (Å²) in [4.78, 5) is 14.7. The SMILES string of the molecule is CN(C)C=C(C(=O)c1cc(Cl)ccc1Cl)c1cc(Cl)ccc1Cl. The predicted octanol–water partition coefficient (Wildman–Crippen LogP) is 6.09. The van der Waals surface area contributed by atoms with Crippen LogP contribution >= 0.6 is 46.4 Å². The van der Waals surface area contributed by atoms with Crippen LogP contribution in [0.1, 0.15) is 15.9 Å². The van der Waals surface area contributed by atoms with E-state index >= 15 is 0 Å². The number of benzene rings is 2. The van der Waals surface area contributed by atoms with Crippen molar-refractivity contribution in [2.24, 2.45) is 0 Å². The molecule has 120 valence electrons. The van der Waals surface area contributed by atoms with Gasteiger partial charge in [0.15, 0.2) is 5.78 Å². The Labute approximate surface area is 155 Å². The fourth-order valence-corrected chi connectivity index (χ4v) is 2.80. The van der Waals surface area contributed by atoms with Crippen LogP contribution in [-0.4, -0.2) is 24.8 Å². The van der Waals surface area contributed by atoms with Crippen LogP contribution < -0.4 is 0 Å². The molecule has 0 amide bonds. The lowest BCUT2D eigenvalue weighted by atomic mass is 9.97. The Bertz CT molecular complexity index is 784. The predicted molar refractivity (Wildman–Crippen MR) is 98.9 cm³/mol. The normalized spacial score (nSPS) is 11.5. The molecule has 2 aromatic rings. The smallest absolute Gasteiger partial charge is 0.196 e. The molecule has 2 nitrogen and oxygen atoms in total. The van der Waals surface area contributed by atoms with Crippen LogP contribution in [0.3, 0.4) is 0 Å². The lowest BCUT2D eigenvalue weighted by molar-refractivity contribution is 0.105. The Morgan fingerprint density at radius 2 is 1.35 bits per heavy atom. The molecule has 0 spiro atoms. The molecule has 0 aliphatic carbocycles. The summed E-state index contributed by atoms with van der Waals surface area (Å²) < 4.78 is 0. The van der Waals surface area contributed by atoms with E-state index in [1.807, 2.05) is 14.1 Å². The van der Waals surface area contributed by atoms with Gasteiger partial charge in [-0.25, -0.2) is 0 Å². The van der Waals surface area contributed by atoms with Crippen LogP contribution in [-0.2, 0) is 0 Å². The molecule has 0 radical (unpaired) electrons. The number of Topliss-reactive ketones (excluding diaryl/α,β-unsaturated/α-hetero) is 1. The first-order valence-corrected chi connectivity index (χ1v) is 8.14. The van der Waals surface area contributed by atoms with Gasteiger partial charge in [0.05, 0.1) is 5.02 Å². The maximum absolute atomic E-state index is 13.0. The van der Waals surface area contributed by atoms with Crippen molar-refractivity contribution in [3.63, 3.8) is 0 Å². The molecule has 2 aromatic carbocycles. The van der Waals surface area contributed by atoms with Crippen molar-refractivity contribution in [3.8, 4) is 0 Å². The Morgan fingerprint density at radius 3 is 1.87 bits per heavy atom. The van der Waals surface area contributed by atoms with Crippen LogP contribution in [0.2, 0.25) is 20.1 Å². The zero-order valence-corrected chi connectivity index (χ0v) is 15.4. The second kappa shape index (κ2) is 7.59. The molecule has 0 fully saturated rings. The topological polar surface area (TPSA) is 20.3 Å². The highest BCUT2D eigenvalue weighted by Crippen LogP contribution is 2.32. The second-order valence-corrected chi connectivity index (χ2v) is 6.77. The van der Waals surface area contributed by atoms with Gasteiger partial charge in [-0.05, 0) is 36.4 Å². The molecule has 0 saturated carbocycles. The summed E-state index contributed by atoms with van der Waals surface area (Å²) in [5, 5.41) is 1.66. The van der Waals surface area contributed by atoms with Gasteiger partial charge in [-0.3, -0.25) is 4.79 Å². The highest BCUT2D eigenvalue weighted by Gasteiger charge is 2.20. The monoisotopic (exact) mass is 387 g/mol. The highest BCUT2D eigenvalue weighted by molar-refractivity contribution is 6.42. The number of carbonyl (C=O) groups is 1. The number of ketones is 1. The van der Waals surface area contributed by atoms with Gasteiger partial charge in [0, 0.05) is 52.1 Å². The number of nitrogens with zero attached hydrogens (tertiary/aromatic N) is 1. The standard InChI is InChI=1S/C17H13Cl4NO/c1-22(2)9-14(12-7-10(18)3-5-15(12)20)17(23)13-8-11(19)4-6-16(13)21/h3-9H,1-2H3. The molecular formula is C17H13Cl4NO. The summed E-state index contributed by atoms with van der Waals surface area (Å²) in [7, 11) is 3.62. The number of carbonyl (C=O) groups excluding carboxylic acids is 1. The van der Waals surface area contributed by atoms with E-state index in [0.29, 0.717) is 36.8 Å². The summed E-state index contributed by atoms with van der Waals surface area (Å²) >= 11 is 24.4. The van der Waals surface area contributed by atoms with Crippen molar-refractivity contribution in [1.29, 1.82) is 0 Å². The van der Waals surface area contributed by atoms with Crippen molar-refractivity contribution in [1.82, 2.24) is 4.90 Å². The van der Waals surface area contributed by atoms with Gasteiger partial charge in [-0.1, -0.05) is 46.4 Å². The van der Waals surface area contributed by atoms with Crippen molar-refractivity contribution in [2.75, 3.05) is 14.1 Å². The number of rotatable bonds is 4. The molecule has 0 atom stereocenters. The molecule has 0 aromatic heterocycles. The molecule has 0 heterocycles. The Balaban J connectivity index is 2.62. The maximum atomic E-state index is 13.0. The van der Waals surface area contributed by atoms with E-state index < -0.39 is 0 Å². The fraction of sp³-hybridized carbons (Fsp3) is 0.118. The van der Waals surface area contributed by atoms with E-state index in [1.165, 1.54) is 6.07 Å². The van der Waals surface area contributed by atoms with Gasteiger partial charge in [0.25, 0.3) is 0 Å². The highest BCUT2D eigenvalue weighted by atomic mass is 35.5. The van der Waals surface area contributed by atoms with Crippen LogP contribution in [0.5, 0.6) is 0 Å². The Hall–Kier alpha value is -1.19. The summed E-state index contributed by atoms with van der Waals surface area (Å²) in [5.41, 5.74) is 1.23. The molecule has 0 saturated heterocycles. The zero-order valence-electron chi connectivity index (χ0n) is 12.4. The van der Waals surface area contributed by atoms with Gasteiger partial charge < -0.3 is 4.90 Å². The van der Waals surface area contributed by atoms with Crippen molar-refractivity contribution in [2.45, 2.75) is 0 Å². The van der Waals surface area contributed by atoms with E-state index in [2.05, 4.69) is 0 Å². The van der Waals surface area contributed by atoms with E-state index in [9.17, 15) is 4.79 Å². The minimum atomic E-state index is -0.282. The quantitative estimate of drug-likeness (QED) is 0.466. The molecule has 6 heteroatoms. The lowest BCUT2D eigenvalue weighted by Gasteiger charge is -2.14. The molecule has 0 N–H and O–H groups in total. The van der Waals surface area contributed by atoms with E-state index in [1.54, 1.807) is 41.4 Å². The maximum Gasteiger partial charge on any atom is 0.196 e. The molecule has 23 heavy (non-hydrogen) atoms. The van der Waals surface area contributed by atoms with E-state index in [0.717, 1.165) is 0 Å². The average Bonchev–Trinajstić information content (AvgIpc) is 2.49. The minimum Gasteiger partial charge on any atom is -0.383 e. The molecule has 0 aliphatic rings. The molecule has 2 rings (SSSR count). The molecule has 0 unspecified atom stereocenters. The number of hydrogen-bond donors (Lipinski definition) is 0. The van der Waals surface area contributed by atoms with Gasteiger partial charge in [-0.15, -0.1) is 0 Å². The van der Waals surface area contributed by atoms with Crippen LogP contribution in [0.4, 0.5) is 0 Å². The van der Waals surface area contributed by atoms with E-state index in [-0.39, 0.29) is 5.78 Å². The number of allylic oxidation sites excluding steroid dienone is 1. The zero-order chi connectivity index (χ0) is 17.1. The van der Waals surface area contributed by atoms with Crippen molar-refractivity contribution >= 4 is 57.8 Å². The van der Waals surface area contributed by atoms with Crippen LogP contribution in [0.15, 0.2) is 42.6 Å². The van der Waals surface area contributed by atoms with Crippen molar-refractivity contribution in [3.05, 3.63) is 73.8 Å². The first-order chi connectivity index (χ1) is 10.8. The van der Waals surface area contributed by atoms with Gasteiger partial charge in [0.2, 0.25) is 0 Å². The largest absolute Gasteiger partial charge is 0.383 e. The summed E-state index contributed by atoms with van der Waals surface area (Å²) in [6.45, 7) is 0. The first-order valence-electron chi connectivity index (χ1n) is 6.63. The van der Waals surface area contributed by atoms with Gasteiger partial charge in [0.1, 0.15) is 0 Å². The van der Waals surface area contributed by atoms with Crippen LogP contribution in [0.25, 0.3) is 5.57 Å². The Morgan fingerprint density at radius 1 is 0.870 bits per heavy atom. The number of halogens is 4. The second-order valence-electron chi connectivity index (χ2n) is 5.08. The molecular weight excluding hydrogens is 376 g/mol. The molecule has 0 bridgehead atoms. The van der Waals surface area contributed by atoms with Crippen LogP contribution in [0, 0.1) is 0 Å². The lowest BCUT2D eigenvalue weighted by Crippen LogP contribution is -2.10. The number of hydrogen-bond acceptors (Lipinski definition) is 2. The summed E-state index contributed by atoms with van der Waals surface area (Å²) in [6.07, 6.45) is 1.68.